The zero-order chi connectivity index (χ0) is 16.7. The molecule has 0 spiro atoms. The van der Waals surface area contributed by atoms with E-state index in [1.54, 1.807) is 13.8 Å². The molecule has 0 rings (SSSR count). The lowest BCUT2D eigenvalue weighted by atomic mass is 9.97. The van der Waals surface area contributed by atoms with Gasteiger partial charge in [0.25, 0.3) is 5.60 Å². The van der Waals surface area contributed by atoms with Gasteiger partial charge in [-0.2, -0.15) is 26.3 Å². The summed E-state index contributed by atoms with van der Waals surface area (Å²) in [6.07, 6.45) is -13.3. The number of ether oxygens (including phenoxy) is 2. The fourth-order valence-electron chi connectivity index (χ4n) is 1.72. The van der Waals surface area contributed by atoms with Crippen molar-refractivity contribution in [3.8, 4) is 0 Å². The summed E-state index contributed by atoms with van der Waals surface area (Å²) in [6.45, 7) is 4.14. The first-order valence-corrected chi connectivity index (χ1v) is 8.40. The van der Waals surface area contributed by atoms with Gasteiger partial charge in [0.15, 0.2) is 0 Å². The van der Waals surface area contributed by atoms with Crippen molar-refractivity contribution in [3.63, 3.8) is 0 Å². The summed E-state index contributed by atoms with van der Waals surface area (Å²) < 4.78 is 84.9. The van der Waals surface area contributed by atoms with E-state index in [1.165, 1.54) is 0 Å². The third kappa shape index (κ3) is 6.13. The molecule has 0 aromatic rings. The van der Waals surface area contributed by atoms with Gasteiger partial charge in [0.05, 0.1) is 9.52 Å². The van der Waals surface area contributed by atoms with Crippen LogP contribution in [0.25, 0.3) is 0 Å². The highest BCUT2D eigenvalue weighted by atomic mass is 28.2. The van der Waals surface area contributed by atoms with Crippen molar-refractivity contribution in [1.29, 1.82) is 0 Å². The van der Waals surface area contributed by atoms with E-state index in [-0.39, 0.29) is 6.04 Å². The molecule has 0 aliphatic heterocycles. The van der Waals surface area contributed by atoms with Crippen LogP contribution >= 0.6 is 0 Å². The second-order valence-corrected chi connectivity index (χ2v) is 6.39. The average Bonchev–Trinajstić information content (AvgIpc) is 2.31. The predicted molar refractivity (Wildman–Crippen MR) is 66.7 cm³/mol. The van der Waals surface area contributed by atoms with Crippen LogP contribution in [0.15, 0.2) is 0 Å². The molecule has 0 saturated carbocycles. The van der Waals surface area contributed by atoms with E-state index in [0.29, 0.717) is 13.2 Å². The molecule has 0 heterocycles. The van der Waals surface area contributed by atoms with Gasteiger partial charge in [0.2, 0.25) is 0 Å². The fourth-order valence-corrected chi connectivity index (χ4v) is 3.40. The van der Waals surface area contributed by atoms with Crippen LogP contribution in [-0.4, -0.2) is 51.7 Å². The van der Waals surface area contributed by atoms with Crippen LogP contribution in [-0.2, 0) is 9.47 Å². The Labute approximate surface area is 121 Å². The Morgan fingerprint density at radius 1 is 0.952 bits per heavy atom. The molecule has 0 saturated heterocycles. The second kappa shape index (κ2) is 8.35. The van der Waals surface area contributed by atoms with Crippen LogP contribution < -0.4 is 0 Å². The maximum absolute atomic E-state index is 12.4. The van der Waals surface area contributed by atoms with Crippen LogP contribution in [0, 0.1) is 0 Å². The molecule has 0 aliphatic carbocycles. The Kier molecular flexibility index (Phi) is 8.22. The van der Waals surface area contributed by atoms with Gasteiger partial charge < -0.3 is 14.6 Å². The van der Waals surface area contributed by atoms with E-state index in [1.807, 2.05) is 0 Å². The van der Waals surface area contributed by atoms with E-state index in [4.69, 9.17) is 14.6 Å². The summed E-state index contributed by atoms with van der Waals surface area (Å²) in [6, 6.07) is 0.152. The van der Waals surface area contributed by atoms with Crippen LogP contribution in [0.1, 0.15) is 26.7 Å². The predicted octanol–water partition coefficient (Wildman–Crippen LogP) is 2.57. The summed E-state index contributed by atoms with van der Waals surface area (Å²) in [5.74, 6) is -0.523. The second-order valence-electron chi connectivity index (χ2n) is 4.44. The van der Waals surface area contributed by atoms with Crippen LogP contribution in [0.3, 0.4) is 0 Å². The lowest BCUT2D eigenvalue weighted by Crippen LogP contribution is -2.56. The Morgan fingerprint density at radius 2 is 1.38 bits per heavy atom. The minimum Gasteiger partial charge on any atom is -0.374 e. The largest absolute Gasteiger partial charge is 0.426 e. The van der Waals surface area contributed by atoms with Gasteiger partial charge >= 0.3 is 12.4 Å². The first-order valence-electron chi connectivity index (χ1n) is 6.58. The van der Waals surface area contributed by atoms with Crippen molar-refractivity contribution in [2.75, 3.05) is 13.2 Å². The SMILES string of the molecule is CCOC(OCC)[SiH2]CCCC(O)(C(F)(F)F)C(F)(F)F. The lowest BCUT2D eigenvalue weighted by molar-refractivity contribution is -0.369. The van der Waals surface area contributed by atoms with Crippen molar-refractivity contribution in [1.82, 2.24) is 0 Å². The molecule has 21 heavy (non-hydrogen) atoms. The van der Waals surface area contributed by atoms with E-state index in [2.05, 4.69) is 0 Å². The van der Waals surface area contributed by atoms with Crippen LogP contribution in [0.4, 0.5) is 26.3 Å². The van der Waals surface area contributed by atoms with Crippen LogP contribution in [0.2, 0.25) is 6.04 Å². The average molecular weight is 342 g/mol. The zero-order valence-corrected chi connectivity index (χ0v) is 13.3. The van der Waals surface area contributed by atoms with E-state index >= 15 is 0 Å². The third-order valence-corrected chi connectivity index (χ3v) is 4.72. The molecule has 0 aromatic carbocycles. The molecule has 0 radical (unpaired) electrons. The molecule has 0 fully saturated rings. The Morgan fingerprint density at radius 3 is 1.71 bits per heavy atom. The van der Waals surface area contributed by atoms with Gasteiger partial charge in [0, 0.05) is 13.2 Å². The number of alkyl halides is 6. The molecule has 0 aliphatic rings. The highest BCUT2D eigenvalue weighted by molar-refractivity contribution is 6.36. The minimum absolute atomic E-state index is 0.152. The van der Waals surface area contributed by atoms with Gasteiger partial charge in [-0.15, -0.1) is 0 Å². The molecule has 0 bridgehead atoms. The number of rotatable bonds is 9. The smallest absolute Gasteiger partial charge is 0.374 e. The Hall–Kier alpha value is -0.323. The number of hydrogen-bond donors (Lipinski definition) is 1. The van der Waals surface area contributed by atoms with Crippen molar-refractivity contribution in [2.45, 2.75) is 56.6 Å². The van der Waals surface area contributed by atoms with Crippen molar-refractivity contribution >= 4 is 9.52 Å². The van der Waals surface area contributed by atoms with Gasteiger partial charge in [-0.25, -0.2) is 0 Å². The summed E-state index contributed by atoms with van der Waals surface area (Å²) in [5, 5.41) is 8.96. The molecule has 10 heteroatoms. The maximum atomic E-state index is 12.4. The van der Waals surface area contributed by atoms with Crippen molar-refractivity contribution in [3.05, 3.63) is 0 Å². The molecular formula is C11H20F6O3Si. The first kappa shape index (κ1) is 20.7. The quantitative estimate of drug-likeness (QED) is 0.303. The summed E-state index contributed by atoms with van der Waals surface area (Å²) in [4.78, 5) is 0. The van der Waals surface area contributed by atoms with Gasteiger partial charge in [-0.1, -0.05) is 12.5 Å². The standard InChI is InChI=1S/C11H20F6O3Si/c1-3-19-8(20-4-2)21-7-5-6-9(18,10(12,13)14)11(15,16)17/h8,18H,3-7,21H2,1-2H3. The topological polar surface area (TPSA) is 38.7 Å². The highest BCUT2D eigenvalue weighted by Gasteiger charge is 2.69. The maximum Gasteiger partial charge on any atom is 0.426 e. The first-order chi connectivity index (χ1) is 9.49. The van der Waals surface area contributed by atoms with Gasteiger partial charge in [-0.3, -0.25) is 0 Å². The van der Waals surface area contributed by atoms with E-state index in [9.17, 15) is 26.3 Å². The van der Waals surface area contributed by atoms with Crippen molar-refractivity contribution < 1.29 is 40.9 Å². The van der Waals surface area contributed by atoms with E-state index in [0.717, 1.165) is 0 Å². The fraction of sp³-hybridized carbons (Fsp3) is 1.00. The molecule has 0 aromatic heterocycles. The number of halogens is 6. The minimum atomic E-state index is -5.74. The molecule has 1 N–H and O–H groups in total. The highest BCUT2D eigenvalue weighted by Crippen LogP contribution is 2.45. The monoisotopic (exact) mass is 342 g/mol. The van der Waals surface area contributed by atoms with E-state index < -0.39 is 46.2 Å². The molecular weight excluding hydrogens is 322 g/mol. The van der Waals surface area contributed by atoms with Gasteiger partial charge in [0.1, 0.15) is 5.91 Å². The number of aliphatic hydroxyl groups is 1. The Balaban J connectivity index is 4.46. The normalized spacial score (nSPS) is 14.6. The van der Waals surface area contributed by atoms with Crippen LogP contribution in [0.5, 0.6) is 0 Å². The summed E-state index contributed by atoms with van der Waals surface area (Å²) in [7, 11) is -1.14. The molecule has 3 nitrogen and oxygen atoms in total. The molecule has 128 valence electrons. The lowest BCUT2D eigenvalue weighted by Gasteiger charge is -2.32. The summed E-state index contributed by atoms with van der Waals surface area (Å²) >= 11 is 0. The molecule has 0 atom stereocenters. The van der Waals surface area contributed by atoms with Gasteiger partial charge in [-0.05, 0) is 20.3 Å². The van der Waals surface area contributed by atoms with Crippen molar-refractivity contribution in [2.24, 2.45) is 0 Å². The molecule has 0 amide bonds. The number of hydrogen-bond acceptors (Lipinski definition) is 3. The summed E-state index contributed by atoms with van der Waals surface area (Å²) in [5.41, 5.74) is -4.65. The third-order valence-electron chi connectivity index (χ3n) is 2.87. The molecule has 0 unspecified atom stereocenters. The zero-order valence-electron chi connectivity index (χ0n) is 11.9. The Bertz CT molecular complexity index is 275.